The zero-order valence-electron chi connectivity index (χ0n) is 11.7. The van der Waals surface area contributed by atoms with Crippen LogP contribution in [0.25, 0.3) is 0 Å². The van der Waals surface area contributed by atoms with Crippen molar-refractivity contribution in [1.82, 2.24) is 14.7 Å². The molecule has 0 saturated heterocycles. The SMILES string of the molecule is CN(Cc1cnn(C)c1)C(=O)Nc1cccc([N+](=O)[O-])c1. The second kappa shape index (κ2) is 6.04. The number of carbonyl (C=O) groups excluding carboxylic acids is 1. The fourth-order valence-electron chi connectivity index (χ4n) is 1.82. The quantitative estimate of drug-likeness (QED) is 0.688. The Morgan fingerprint density at radius 1 is 1.52 bits per heavy atom. The summed E-state index contributed by atoms with van der Waals surface area (Å²) in [7, 11) is 3.44. The molecule has 2 rings (SSSR count). The molecule has 0 radical (unpaired) electrons. The standard InChI is InChI=1S/C13H15N5O3/c1-16(8-10-7-14-17(2)9-10)13(19)15-11-4-3-5-12(6-11)18(20)21/h3-7,9H,8H2,1-2H3,(H,15,19). The van der Waals surface area contributed by atoms with E-state index in [0.29, 0.717) is 12.2 Å². The first-order chi connectivity index (χ1) is 9.95. The van der Waals surface area contributed by atoms with Gasteiger partial charge in [-0.3, -0.25) is 14.8 Å². The number of aryl methyl sites for hydroxylation is 1. The number of nitro benzene ring substituents is 1. The first kappa shape index (κ1) is 14.5. The van der Waals surface area contributed by atoms with Crippen LogP contribution >= 0.6 is 0 Å². The average molecular weight is 289 g/mol. The van der Waals surface area contributed by atoms with Gasteiger partial charge in [0.15, 0.2) is 0 Å². The van der Waals surface area contributed by atoms with E-state index in [0.717, 1.165) is 5.56 Å². The first-order valence-corrected chi connectivity index (χ1v) is 6.20. The number of anilines is 1. The number of nitrogens with zero attached hydrogens (tertiary/aromatic N) is 4. The van der Waals surface area contributed by atoms with Crippen LogP contribution in [0, 0.1) is 10.1 Å². The second-order valence-electron chi connectivity index (χ2n) is 4.62. The lowest BCUT2D eigenvalue weighted by atomic mass is 10.3. The molecule has 0 atom stereocenters. The van der Waals surface area contributed by atoms with Gasteiger partial charge in [-0.15, -0.1) is 0 Å². The summed E-state index contributed by atoms with van der Waals surface area (Å²) in [6.45, 7) is 0.397. The molecule has 8 heteroatoms. The van der Waals surface area contributed by atoms with Gasteiger partial charge in [-0.1, -0.05) is 6.07 Å². The highest BCUT2D eigenvalue weighted by Gasteiger charge is 2.12. The van der Waals surface area contributed by atoms with Crippen LogP contribution in [0.5, 0.6) is 0 Å². The normalized spacial score (nSPS) is 10.2. The van der Waals surface area contributed by atoms with Crippen molar-refractivity contribution in [2.45, 2.75) is 6.54 Å². The molecule has 0 aliphatic heterocycles. The highest BCUT2D eigenvalue weighted by Crippen LogP contribution is 2.17. The third-order valence-electron chi connectivity index (χ3n) is 2.83. The van der Waals surface area contributed by atoms with Gasteiger partial charge in [-0.25, -0.2) is 4.79 Å². The van der Waals surface area contributed by atoms with Gasteiger partial charge in [0.1, 0.15) is 0 Å². The Balaban J connectivity index is 2.00. The average Bonchev–Trinajstić information content (AvgIpc) is 2.84. The van der Waals surface area contributed by atoms with Gasteiger partial charge in [-0.2, -0.15) is 5.10 Å². The van der Waals surface area contributed by atoms with Crippen LogP contribution < -0.4 is 5.32 Å². The van der Waals surface area contributed by atoms with E-state index in [9.17, 15) is 14.9 Å². The number of amides is 2. The number of nitrogens with one attached hydrogen (secondary N) is 1. The maximum atomic E-state index is 12.0. The summed E-state index contributed by atoms with van der Waals surface area (Å²) in [5, 5.41) is 17.3. The Labute approximate surface area is 121 Å². The van der Waals surface area contributed by atoms with E-state index in [4.69, 9.17) is 0 Å². The molecule has 1 aromatic heterocycles. The van der Waals surface area contributed by atoms with Crippen molar-refractivity contribution in [1.29, 1.82) is 0 Å². The summed E-state index contributed by atoms with van der Waals surface area (Å²) < 4.78 is 1.65. The minimum absolute atomic E-state index is 0.0669. The number of benzene rings is 1. The maximum absolute atomic E-state index is 12.0. The summed E-state index contributed by atoms with van der Waals surface area (Å²) in [6.07, 6.45) is 3.49. The van der Waals surface area contributed by atoms with E-state index >= 15 is 0 Å². The van der Waals surface area contributed by atoms with Crippen LogP contribution in [0.2, 0.25) is 0 Å². The van der Waals surface area contributed by atoms with Gasteiger partial charge >= 0.3 is 6.03 Å². The molecule has 21 heavy (non-hydrogen) atoms. The van der Waals surface area contributed by atoms with Crippen molar-refractivity contribution >= 4 is 17.4 Å². The molecular formula is C13H15N5O3. The molecule has 0 aliphatic rings. The van der Waals surface area contributed by atoms with Crippen LogP contribution in [0.3, 0.4) is 0 Å². The monoisotopic (exact) mass is 289 g/mol. The lowest BCUT2D eigenvalue weighted by Crippen LogP contribution is -2.30. The zero-order valence-corrected chi connectivity index (χ0v) is 11.7. The van der Waals surface area contributed by atoms with Crippen LogP contribution in [-0.2, 0) is 13.6 Å². The van der Waals surface area contributed by atoms with Crippen molar-refractivity contribution in [3.05, 3.63) is 52.3 Å². The molecule has 1 N–H and O–H groups in total. The molecule has 2 aromatic rings. The number of carbonyl (C=O) groups is 1. The minimum Gasteiger partial charge on any atom is -0.323 e. The highest BCUT2D eigenvalue weighted by molar-refractivity contribution is 5.89. The largest absolute Gasteiger partial charge is 0.323 e. The molecule has 110 valence electrons. The molecule has 2 amide bonds. The van der Waals surface area contributed by atoms with E-state index < -0.39 is 4.92 Å². The van der Waals surface area contributed by atoms with E-state index in [1.165, 1.54) is 23.1 Å². The van der Waals surface area contributed by atoms with Crippen molar-refractivity contribution in [2.75, 3.05) is 12.4 Å². The van der Waals surface area contributed by atoms with Crippen molar-refractivity contribution < 1.29 is 9.72 Å². The minimum atomic E-state index is -0.505. The molecule has 0 spiro atoms. The van der Waals surface area contributed by atoms with Crippen LogP contribution in [0.1, 0.15) is 5.56 Å². The Kier molecular flexibility index (Phi) is 4.17. The third kappa shape index (κ3) is 3.78. The number of hydrogen-bond acceptors (Lipinski definition) is 4. The van der Waals surface area contributed by atoms with E-state index in [2.05, 4.69) is 10.4 Å². The summed E-state index contributed by atoms with van der Waals surface area (Å²) >= 11 is 0. The van der Waals surface area contributed by atoms with Crippen molar-refractivity contribution in [3.8, 4) is 0 Å². The predicted octanol–water partition coefficient (Wildman–Crippen LogP) is 1.99. The van der Waals surface area contributed by atoms with Gasteiger partial charge in [0.2, 0.25) is 0 Å². The van der Waals surface area contributed by atoms with E-state index in [1.807, 2.05) is 6.20 Å². The zero-order chi connectivity index (χ0) is 15.4. The molecule has 1 heterocycles. The lowest BCUT2D eigenvalue weighted by Gasteiger charge is -2.17. The third-order valence-corrected chi connectivity index (χ3v) is 2.83. The molecule has 0 saturated carbocycles. The fraction of sp³-hybridized carbons (Fsp3) is 0.231. The molecule has 1 aromatic carbocycles. The van der Waals surface area contributed by atoms with E-state index in [1.54, 1.807) is 31.0 Å². The molecule has 0 fully saturated rings. The second-order valence-corrected chi connectivity index (χ2v) is 4.62. The Bertz CT molecular complexity index is 667. The van der Waals surface area contributed by atoms with Gasteiger partial charge in [-0.05, 0) is 6.07 Å². The number of urea groups is 1. The maximum Gasteiger partial charge on any atom is 0.321 e. The molecule has 0 bridgehead atoms. The first-order valence-electron chi connectivity index (χ1n) is 6.20. The summed E-state index contributed by atoms with van der Waals surface area (Å²) in [5.74, 6) is 0. The Hall–Kier alpha value is -2.90. The highest BCUT2D eigenvalue weighted by atomic mass is 16.6. The smallest absolute Gasteiger partial charge is 0.321 e. The van der Waals surface area contributed by atoms with Gasteiger partial charge in [0, 0.05) is 43.7 Å². The molecular weight excluding hydrogens is 274 g/mol. The van der Waals surface area contributed by atoms with Crippen molar-refractivity contribution in [3.63, 3.8) is 0 Å². The number of rotatable bonds is 4. The summed E-state index contributed by atoms with van der Waals surface area (Å²) in [6, 6.07) is 5.46. The Morgan fingerprint density at radius 2 is 2.29 bits per heavy atom. The topological polar surface area (TPSA) is 93.3 Å². The number of hydrogen-bond donors (Lipinski definition) is 1. The van der Waals surface area contributed by atoms with Crippen LogP contribution in [-0.4, -0.2) is 32.7 Å². The summed E-state index contributed by atoms with van der Waals surface area (Å²) in [4.78, 5) is 23.7. The van der Waals surface area contributed by atoms with Gasteiger partial charge in [0.05, 0.1) is 17.7 Å². The van der Waals surface area contributed by atoms with Crippen LogP contribution in [0.4, 0.5) is 16.2 Å². The lowest BCUT2D eigenvalue weighted by molar-refractivity contribution is -0.384. The number of aromatic nitrogens is 2. The Morgan fingerprint density at radius 3 is 2.90 bits per heavy atom. The van der Waals surface area contributed by atoms with Gasteiger partial charge < -0.3 is 10.2 Å². The number of nitro groups is 1. The number of non-ortho nitro benzene ring substituents is 1. The van der Waals surface area contributed by atoms with Crippen LogP contribution in [0.15, 0.2) is 36.7 Å². The molecule has 0 aliphatic carbocycles. The molecule has 8 nitrogen and oxygen atoms in total. The molecule has 0 unspecified atom stereocenters. The van der Waals surface area contributed by atoms with E-state index in [-0.39, 0.29) is 11.7 Å². The fourth-order valence-corrected chi connectivity index (χ4v) is 1.82. The predicted molar refractivity (Wildman–Crippen MR) is 76.8 cm³/mol. The summed E-state index contributed by atoms with van der Waals surface area (Å²) in [5.41, 5.74) is 1.21. The van der Waals surface area contributed by atoms with Crippen molar-refractivity contribution in [2.24, 2.45) is 7.05 Å². The van der Waals surface area contributed by atoms with Gasteiger partial charge in [0.25, 0.3) is 5.69 Å².